The third kappa shape index (κ3) is 3.87. The molecule has 0 saturated heterocycles. The van der Waals surface area contributed by atoms with E-state index in [2.05, 4.69) is 48.6 Å². The summed E-state index contributed by atoms with van der Waals surface area (Å²) >= 11 is 0. The Bertz CT molecular complexity index is 916. The van der Waals surface area contributed by atoms with Crippen LogP contribution in [-0.2, 0) is 9.53 Å². The van der Waals surface area contributed by atoms with Crippen molar-refractivity contribution in [1.29, 1.82) is 0 Å². The molecule has 29 heavy (non-hydrogen) atoms. The highest BCUT2D eigenvalue weighted by molar-refractivity contribution is 5.70. The number of ether oxygens (including phenoxy) is 1. The van der Waals surface area contributed by atoms with Crippen molar-refractivity contribution in [2.45, 2.75) is 32.6 Å². The van der Waals surface area contributed by atoms with E-state index in [9.17, 15) is 15.0 Å². The molecule has 2 N–H and O–H groups in total. The van der Waals surface area contributed by atoms with Crippen LogP contribution >= 0.6 is 0 Å². The van der Waals surface area contributed by atoms with Gasteiger partial charge < -0.3 is 14.9 Å². The van der Waals surface area contributed by atoms with Crippen molar-refractivity contribution in [1.82, 2.24) is 0 Å². The molecule has 4 heteroatoms. The molecule has 4 nitrogen and oxygen atoms in total. The van der Waals surface area contributed by atoms with Crippen molar-refractivity contribution in [3.8, 4) is 0 Å². The summed E-state index contributed by atoms with van der Waals surface area (Å²) in [4.78, 5) is 12.1. The quantitative estimate of drug-likeness (QED) is 0.616. The topological polar surface area (TPSA) is 66.8 Å². The summed E-state index contributed by atoms with van der Waals surface area (Å²) in [5, 5.41) is 18.6. The third-order valence-electron chi connectivity index (χ3n) is 6.16. The number of carbonyl (C=O) groups excluding carboxylic acids is 1. The van der Waals surface area contributed by atoms with Gasteiger partial charge in [-0.2, -0.15) is 0 Å². The molecule has 0 amide bonds. The molecule has 1 unspecified atom stereocenters. The van der Waals surface area contributed by atoms with Gasteiger partial charge in [0.15, 0.2) is 0 Å². The normalized spacial score (nSPS) is 21.8. The monoisotopic (exact) mass is 392 g/mol. The molecule has 0 aromatic heterocycles. The van der Waals surface area contributed by atoms with Crippen LogP contribution in [0.4, 0.5) is 0 Å². The number of rotatable bonds is 8. The van der Waals surface area contributed by atoms with Crippen LogP contribution in [0.15, 0.2) is 82.0 Å². The van der Waals surface area contributed by atoms with Crippen LogP contribution in [-0.4, -0.2) is 36.0 Å². The summed E-state index contributed by atoms with van der Waals surface area (Å²) in [6.07, 6.45) is 20.7. The third-order valence-corrected chi connectivity index (χ3v) is 6.16. The maximum atomic E-state index is 12.1. The molecular weight excluding hydrogens is 364 g/mol. The van der Waals surface area contributed by atoms with Crippen LogP contribution < -0.4 is 0 Å². The maximum absolute atomic E-state index is 12.1. The fourth-order valence-corrected chi connectivity index (χ4v) is 4.28. The lowest BCUT2D eigenvalue weighted by Gasteiger charge is -2.37. The van der Waals surface area contributed by atoms with Crippen LogP contribution in [0.1, 0.15) is 32.6 Å². The number of hydrogen-bond donors (Lipinski definition) is 2. The Morgan fingerprint density at radius 2 is 1.97 bits per heavy atom. The standard InChI is InChI=1S/C25H28O4/c1-25(14-26,15-27)16-29-22(28)7-3-4-17-8-9-20-11-10-18-5-2-6-19-12-13-21(17)24(20)23(18)19/h2,6,8-13,24,26-27H,3-5,7,14-16H2,1H3. The van der Waals surface area contributed by atoms with Gasteiger partial charge in [0, 0.05) is 17.8 Å². The number of hydrogen-bond acceptors (Lipinski definition) is 4. The first-order valence-electron chi connectivity index (χ1n) is 10.3. The highest BCUT2D eigenvalue weighted by Crippen LogP contribution is 2.48. The summed E-state index contributed by atoms with van der Waals surface area (Å²) in [6.45, 7) is 1.29. The van der Waals surface area contributed by atoms with Gasteiger partial charge in [-0.3, -0.25) is 4.79 Å². The Morgan fingerprint density at radius 3 is 2.76 bits per heavy atom. The van der Waals surface area contributed by atoms with Crippen LogP contribution in [0, 0.1) is 11.3 Å². The van der Waals surface area contributed by atoms with Crippen LogP contribution in [0.5, 0.6) is 0 Å². The van der Waals surface area contributed by atoms with Gasteiger partial charge in [-0.05, 0) is 52.7 Å². The minimum atomic E-state index is -0.784. The van der Waals surface area contributed by atoms with E-state index in [0.29, 0.717) is 18.8 Å². The Kier molecular flexibility index (Phi) is 5.57. The lowest BCUT2D eigenvalue weighted by molar-refractivity contribution is -0.149. The lowest BCUT2D eigenvalue weighted by Crippen LogP contribution is -2.32. The summed E-state index contributed by atoms with van der Waals surface area (Å²) in [7, 11) is 0. The summed E-state index contributed by atoms with van der Waals surface area (Å²) < 4.78 is 5.26. The molecule has 152 valence electrons. The average Bonchev–Trinajstić information content (AvgIpc) is 2.76. The van der Waals surface area contributed by atoms with Gasteiger partial charge in [0.05, 0.1) is 13.2 Å². The van der Waals surface area contributed by atoms with E-state index in [4.69, 9.17) is 4.74 Å². The average molecular weight is 392 g/mol. The molecule has 1 atom stereocenters. The predicted molar refractivity (Wildman–Crippen MR) is 113 cm³/mol. The fraction of sp³-hybridized carbons (Fsp3) is 0.400. The second-order valence-electron chi connectivity index (χ2n) is 8.56. The molecule has 0 aliphatic heterocycles. The zero-order valence-electron chi connectivity index (χ0n) is 16.9. The molecule has 0 heterocycles. The Labute approximate surface area is 172 Å². The molecule has 0 aromatic rings. The van der Waals surface area contributed by atoms with Gasteiger partial charge in [-0.1, -0.05) is 55.5 Å². The van der Waals surface area contributed by atoms with Gasteiger partial charge in [0.25, 0.3) is 0 Å². The van der Waals surface area contributed by atoms with Crippen LogP contribution in [0.2, 0.25) is 0 Å². The van der Waals surface area contributed by atoms with Gasteiger partial charge in [-0.25, -0.2) is 0 Å². The van der Waals surface area contributed by atoms with Gasteiger partial charge in [0.1, 0.15) is 6.61 Å². The minimum absolute atomic E-state index is 0.0329. The second kappa shape index (κ2) is 8.13. The minimum Gasteiger partial charge on any atom is -0.465 e. The molecule has 0 aromatic carbocycles. The Hall–Kier alpha value is -2.43. The molecule has 0 radical (unpaired) electrons. The SMILES string of the molecule is CC(CO)(CO)COC(=O)CCCC1=CC=C2C=CC3=C4C(=CC=C1C24)C=CC3. The lowest BCUT2D eigenvalue weighted by atomic mass is 9.67. The zero-order chi connectivity index (χ0) is 20.4. The van der Waals surface area contributed by atoms with Crippen molar-refractivity contribution >= 4 is 5.97 Å². The van der Waals surface area contributed by atoms with E-state index in [-0.39, 0.29) is 25.8 Å². The maximum Gasteiger partial charge on any atom is 0.305 e. The first-order chi connectivity index (χ1) is 14.0. The van der Waals surface area contributed by atoms with Crippen molar-refractivity contribution in [3.05, 3.63) is 82.0 Å². The first-order valence-corrected chi connectivity index (χ1v) is 10.3. The van der Waals surface area contributed by atoms with E-state index in [0.717, 1.165) is 12.8 Å². The van der Waals surface area contributed by atoms with Gasteiger partial charge >= 0.3 is 5.97 Å². The van der Waals surface area contributed by atoms with Crippen LogP contribution in [0.25, 0.3) is 0 Å². The number of esters is 1. The largest absolute Gasteiger partial charge is 0.465 e. The van der Waals surface area contributed by atoms with Gasteiger partial charge in [-0.15, -0.1) is 0 Å². The summed E-state index contributed by atoms with van der Waals surface area (Å²) in [6, 6.07) is 0. The van der Waals surface area contributed by atoms with Crippen molar-refractivity contribution in [3.63, 3.8) is 0 Å². The van der Waals surface area contributed by atoms with Crippen LogP contribution in [0.3, 0.4) is 0 Å². The number of aliphatic hydroxyl groups excluding tert-OH is 2. The van der Waals surface area contributed by atoms with Crippen molar-refractivity contribution in [2.24, 2.45) is 11.3 Å². The molecule has 0 fully saturated rings. The van der Waals surface area contributed by atoms with E-state index >= 15 is 0 Å². The molecule has 0 bridgehead atoms. The Morgan fingerprint density at radius 1 is 1.14 bits per heavy atom. The predicted octanol–water partition coefficient (Wildman–Crippen LogP) is 3.87. The van der Waals surface area contributed by atoms with E-state index in [1.54, 1.807) is 6.92 Å². The highest BCUT2D eigenvalue weighted by Gasteiger charge is 2.34. The van der Waals surface area contributed by atoms with E-state index in [1.807, 2.05) is 0 Å². The van der Waals surface area contributed by atoms with Crippen molar-refractivity contribution < 1.29 is 19.7 Å². The molecule has 4 aliphatic rings. The molecule has 4 rings (SSSR count). The summed E-state index contributed by atoms with van der Waals surface area (Å²) in [5.41, 5.74) is 7.35. The Balaban J connectivity index is 1.39. The molecule has 0 spiro atoms. The van der Waals surface area contributed by atoms with Gasteiger partial charge in [0.2, 0.25) is 0 Å². The zero-order valence-corrected chi connectivity index (χ0v) is 16.9. The van der Waals surface area contributed by atoms with E-state index < -0.39 is 5.41 Å². The fourth-order valence-electron chi connectivity index (χ4n) is 4.28. The number of allylic oxidation sites excluding steroid dienone is 14. The van der Waals surface area contributed by atoms with E-state index in [1.165, 1.54) is 33.4 Å². The number of aliphatic hydroxyl groups is 2. The second-order valence-corrected chi connectivity index (χ2v) is 8.56. The summed E-state index contributed by atoms with van der Waals surface area (Å²) in [5.74, 6) is 0.0373. The number of carbonyl (C=O) groups is 1. The highest BCUT2D eigenvalue weighted by atomic mass is 16.5. The van der Waals surface area contributed by atoms with Crippen molar-refractivity contribution in [2.75, 3.05) is 19.8 Å². The smallest absolute Gasteiger partial charge is 0.305 e. The molecule has 4 aliphatic carbocycles. The first kappa shape index (κ1) is 19.9. The molecule has 0 saturated carbocycles. The molecular formula is C25H28O4.